The summed E-state index contributed by atoms with van der Waals surface area (Å²) in [5.74, 6) is 0.924. The Morgan fingerprint density at radius 2 is 1.88 bits per heavy atom. The van der Waals surface area contributed by atoms with Crippen LogP contribution in [0, 0.1) is 20.8 Å². The zero-order chi connectivity index (χ0) is 17.5. The molecular weight excluding hydrogens is 324 g/mol. The maximum absolute atomic E-state index is 6.22. The van der Waals surface area contributed by atoms with Gasteiger partial charge in [0.1, 0.15) is 12.4 Å². The Morgan fingerprint density at radius 1 is 1.08 bits per heavy atom. The standard InChI is InChI=1S/C19H25ClN2O2/c1-13-14(2)18(6-5-16(13)8-11-23-4)24-12-10-22-17-7-9-21-15(3)19(17)20/h5-7,9H,8,10-12H2,1-4H3,(H,21,22). The van der Waals surface area contributed by atoms with Crippen molar-refractivity contribution in [3.05, 3.63) is 51.8 Å². The number of aromatic nitrogens is 1. The van der Waals surface area contributed by atoms with Crippen LogP contribution in [0.1, 0.15) is 22.4 Å². The number of halogens is 1. The highest BCUT2D eigenvalue weighted by molar-refractivity contribution is 6.33. The van der Waals surface area contributed by atoms with Gasteiger partial charge in [-0.15, -0.1) is 0 Å². The number of nitrogens with zero attached hydrogens (tertiary/aromatic N) is 1. The van der Waals surface area contributed by atoms with Crippen molar-refractivity contribution in [2.75, 3.05) is 32.2 Å². The van der Waals surface area contributed by atoms with Crippen LogP contribution in [0.2, 0.25) is 5.02 Å². The molecule has 0 aliphatic heterocycles. The van der Waals surface area contributed by atoms with Crippen molar-refractivity contribution in [2.24, 2.45) is 0 Å². The summed E-state index contributed by atoms with van der Waals surface area (Å²) >= 11 is 6.22. The molecule has 2 rings (SSSR count). The van der Waals surface area contributed by atoms with Crippen molar-refractivity contribution in [3.8, 4) is 5.75 Å². The molecule has 1 aromatic carbocycles. The average molecular weight is 349 g/mol. The van der Waals surface area contributed by atoms with E-state index in [1.807, 2.05) is 19.1 Å². The van der Waals surface area contributed by atoms with Crippen LogP contribution >= 0.6 is 11.6 Å². The molecule has 0 radical (unpaired) electrons. The van der Waals surface area contributed by atoms with Crippen LogP contribution in [0.25, 0.3) is 0 Å². The predicted octanol–water partition coefficient (Wildman–Crippen LogP) is 4.34. The number of ether oxygens (including phenoxy) is 2. The molecule has 130 valence electrons. The molecule has 0 aliphatic rings. The molecule has 1 N–H and O–H groups in total. The van der Waals surface area contributed by atoms with Crippen molar-refractivity contribution in [1.82, 2.24) is 4.98 Å². The van der Waals surface area contributed by atoms with Gasteiger partial charge in [0.2, 0.25) is 0 Å². The number of benzene rings is 1. The van der Waals surface area contributed by atoms with Crippen molar-refractivity contribution >= 4 is 17.3 Å². The number of rotatable bonds is 8. The maximum atomic E-state index is 6.22. The monoisotopic (exact) mass is 348 g/mol. The lowest BCUT2D eigenvalue weighted by Gasteiger charge is -2.15. The van der Waals surface area contributed by atoms with E-state index < -0.39 is 0 Å². The smallest absolute Gasteiger partial charge is 0.122 e. The normalized spacial score (nSPS) is 10.7. The Bertz CT molecular complexity index is 689. The van der Waals surface area contributed by atoms with Crippen LogP contribution in [-0.2, 0) is 11.2 Å². The molecule has 5 heteroatoms. The van der Waals surface area contributed by atoms with Gasteiger partial charge in [-0.3, -0.25) is 4.98 Å². The molecule has 0 unspecified atom stereocenters. The Morgan fingerprint density at radius 3 is 2.62 bits per heavy atom. The van der Waals surface area contributed by atoms with Crippen molar-refractivity contribution in [2.45, 2.75) is 27.2 Å². The summed E-state index contributed by atoms with van der Waals surface area (Å²) in [7, 11) is 1.73. The van der Waals surface area contributed by atoms with Crippen LogP contribution < -0.4 is 10.1 Å². The molecule has 0 atom stereocenters. The van der Waals surface area contributed by atoms with E-state index in [0.29, 0.717) is 18.2 Å². The average Bonchev–Trinajstić information content (AvgIpc) is 2.58. The topological polar surface area (TPSA) is 43.4 Å². The molecule has 1 heterocycles. The first-order chi connectivity index (χ1) is 11.5. The number of hydrogen-bond donors (Lipinski definition) is 1. The Hall–Kier alpha value is -1.78. The number of anilines is 1. The Labute approximate surface area is 149 Å². The number of nitrogens with one attached hydrogen (secondary N) is 1. The van der Waals surface area contributed by atoms with E-state index in [-0.39, 0.29) is 0 Å². The summed E-state index contributed by atoms with van der Waals surface area (Å²) in [5.41, 5.74) is 5.46. The summed E-state index contributed by atoms with van der Waals surface area (Å²) in [6, 6.07) is 6.03. The first kappa shape index (κ1) is 18.6. The quantitative estimate of drug-likeness (QED) is 0.721. The highest BCUT2D eigenvalue weighted by atomic mass is 35.5. The number of aryl methyl sites for hydroxylation is 1. The van der Waals surface area contributed by atoms with Crippen molar-refractivity contribution in [1.29, 1.82) is 0 Å². The molecule has 0 bridgehead atoms. The fraction of sp³-hybridized carbons (Fsp3) is 0.421. The second kappa shape index (κ2) is 8.90. The van der Waals surface area contributed by atoms with Gasteiger partial charge in [0.15, 0.2) is 0 Å². The van der Waals surface area contributed by atoms with Crippen LogP contribution in [0.4, 0.5) is 5.69 Å². The van der Waals surface area contributed by atoms with Crippen LogP contribution in [0.5, 0.6) is 5.75 Å². The van der Waals surface area contributed by atoms with Gasteiger partial charge in [0.05, 0.1) is 23.0 Å². The Kier molecular flexibility index (Phi) is 6.88. The van der Waals surface area contributed by atoms with Crippen LogP contribution in [0.3, 0.4) is 0 Å². The molecule has 2 aromatic rings. The highest BCUT2D eigenvalue weighted by Gasteiger charge is 2.08. The molecule has 24 heavy (non-hydrogen) atoms. The lowest BCUT2D eigenvalue weighted by molar-refractivity contribution is 0.202. The van der Waals surface area contributed by atoms with E-state index in [9.17, 15) is 0 Å². The minimum Gasteiger partial charge on any atom is -0.491 e. The summed E-state index contributed by atoms with van der Waals surface area (Å²) in [5, 5.41) is 3.94. The van der Waals surface area contributed by atoms with Gasteiger partial charge in [-0.25, -0.2) is 0 Å². The first-order valence-corrected chi connectivity index (χ1v) is 8.48. The van der Waals surface area contributed by atoms with Gasteiger partial charge in [-0.05, 0) is 56.0 Å². The molecule has 0 aliphatic carbocycles. The minimum atomic E-state index is 0.565. The molecule has 0 amide bonds. The third-order valence-electron chi connectivity index (χ3n) is 4.16. The number of pyridine rings is 1. The second-order valence-corrected chi connectivity index (χ2v) is 6.13. The lowest BCUT2D eigenvalue weighted by Crippen LogP contribution is -2.13. The molecule has 0 saturated carbocycles. The summed E-state index contributed by atoms with van der Waals surface area (Å²) in [6.45, 7) is 8.09. The van der Waals surface area contributed by atoms with Crippen molar-refractivity contribution in [3.63, 3.8) is 0 Å². The lowest BCUT2D eigenvalue weighted by atomic mass is 10.0. The van der Waals surface area contributed by atoms with E-state index in [2.05, 4.69) is 30.2 Å². The van der Waals surface area contributed by atoms with Crippen LogP contribution in [-0.4, -0.2) is 31.9 Å². The van der Waals surface area contributed by atoms with Crippen molar-refractivity contribution < 1.29 is 9.47 Å². The van der Waals surface area contributed by atoms with E-state index in [1.54, 1.807) is 13.3 Å². The van der Waals surface area contributed by atoms with Gasteiger partial charge >= 0.3 is 0 Å². The Balaban J connectivity index is 1.90. The van der Waals surface area contributed by atoms with Gasteiger partial charge in [-0.1, -0.05) is 17.7 Å². The summed E-state index contributed by atoms with van der Waals surface area (Å²) < 4.78 is 11.1. The minimum absolute atomic E-state index is 0.565. The third kappa shape index (κ3) is 4.62. The predicted molar refractivity (Wildman–Crippen MR) is 99.5 cm³/mol. The fourth-order valence-corrected chi connectivity index (χ4v) is 2.70. The van der Waals surface area contributed by atoms with Crippen LogP contribution in [0.15, 0.2) is 24.4 Å². The zero-order valence-corrected chi connectivity index (χ0v) is 15.5. The SMILES string of the molecule is COCCc1ccc(OCCNc2ccnc(C)c2Cl)c(C)c1C. The highest BCUT2D eigenvalue weighted by Crippen LogP contribution is 2.25. The number of methoxy groups -OCH3 is 1. The molecule has 0 saturated heterocycles. The van der Waals surface area contributed by atoms with Gasteiger partial charge in [-0.2, -0.15) is 0 Å². The van der Waals surface area contributed by atoms with Gasteiger partial charge in [0, 0.05) is 19.9 Å². The second-order valence-electron chi connectivity index (χ2n) is 5.75. The molecule has 0 spiro atoms. The maximum Gasteiger partial charge on any atom is 0.122 e. The fourth-order valence-electron chi connectivity index (χ4n) is 2.52. The largest absolute Gasteiger partial charge is 0.491 e. The molecule has 4 nitrogen and oxygen atoms in total. The summed E-state index contributed by atoms with van der Waals surface area (Å²) in [6.07, 6.45) is 2.67. The summed E-state index contributed by atoms with van der Waals surface area (Å²) in [4.78, 5) is 4.15. The van der Waals surface area contributed by atoms with E-state index >= 15 is 0 Å². The molecule has 1 aromatic heterocycles. The van der Waals surface area contributed by atoms with Gasteiger partial charge in [0.25, 0.3) is 0 Å². The number of hydrogen-bond acceptors (Lipinski definition) is 4. The van der Waals surface area contributed by atoms with Gasteiger partial charge < -0.3 is 14.8 Å². The van der Waals surface area contributed by atoms with E-state index in [0.717, 1.165) is 30.2 Å². The molecular formula is C19H25ClN2O2. The zero-order valence-electron chi connectivity index (χ0n) is 14.8. The molecule has 0 fully saturated rings. The third-order valence-corrected chi connectivity index (χ3v) is 4.64. The van der Waals surface area contributed by atoms with E-state index in [1.165, 1.54) is 16.7 Å². The first-order valence-electron chi connectivity index (χ1n) is 8.10. The van der Waals surface area contributed by atoms with E-state index in [4.69, 9.17) is 21.1 Å².